The number of carbonyl (C=O) groups excluding carboxylic acids is 2. The number of carboxylic acids is 1. The number of nitrogens with zero attached hydrogens (tertiary/aromatic N) is 7. The Balaban J connectivity index is 1.28. The third-order valence-corrected chi connectivity index (χ3v) is 7.44. The Kier molecular flexibility index (Phi) is 6.93. The fourth-order valence-electron chi connectivity index (χ4n) is 5.22. The number of rotatable bonds is 5. The minimum absolute atomic E-state index is 0.0726. The normalized spacial score (nSPS) is 21.9. The fourth-order valence-corrected chi connectivity index (χ4v) is 5.22. The van der Waals surface area contributed by atoms with Crippen molar-refractivity contribution in [3.05, 3.63) is 36.0 Å². The van der Waals surface area contributed by atoms with Crippen LogP contribution in [0.1, 0.15) is 12.0 Å². The number of carbonyl (C=O) groups is 3. The van der Waals surface area contributed by atoms with E-state index in [0.29, 0.717) is 11.8 Å². The number of piperazine rings is 1. The first-order valence-corrected chi connectivity index (χ1v) is 12.5. The van der Waals surface area contributed by atoms with Crippen molar-refractivity contribution >= 4 is 41.2 Å². The average Bonchev–Trinajstić information content (AvgIpc) is 3.37. The average molecular weight is 525 g/mol. The Morgan fingerprint density at radius 3 is 2.47 bits per heavy atom. The molecule has 1 aromatic heterocycles. The van der Waals surface area contributed by atoms with Gasteiger partial charge in [0.2, 0.25) is 5.95 Å². The maximum absolute atomic E-state index is 13.3. The Morgan fingerprint density at radius 2 is 1.82 bits per heavy atom. The van der Waals surface area contributed by atoms with Crippen molar-refractivity contribution in [2.75, 3.05) is 69.0 Å². The van der Waals surface area contributed by atoms with Gasteiger partial charge in [0.15, 0.2) is 0 Å². The smallest absolute Gasteiger partial charge is 0.410 e. The van der Waals surface area contributed by atoms with Crippen molar-refractivity contribution in [3.8, 4) is 0 Å². The molecule has 2 N–H and O–H groups in total. The molecule has 0 bridgehead atoms. The molecule has 3 aliphatic rings. The van der Waals surface area contributed by atoms with Crippen molar-refractivity contribution in [1.82, 2.24) is 24.7 Å². The lowest BCUT2D eigenvalue weighted by atomic mass is 10.1. The van der Waals surface area contributed by atoms with Crippen molar-refractivity contribution in [1.29, 1.82) is 0 Å². The van der Waals surface area contributed by atoms with Gasteiger partial charge in [0.1, 0.15) is 11.9 Å². The van der Waals surface area contributed by atoms with Gasteiger partial charge in [0.05, 0.1) is 19.7 Å². The fraction of sp³-hybridized carbons (Fsp3) is 0.480. The summed E-state index contributed by atoms with van der Waals surface area (Å²) < 4.78 is 4.74. The van der Waals surface area contributed by atoms with E-state index in [9.17, 15) is 19.5 Å². The molecule has 3 amide bonds. The van der Waals surface area contributed by atoms with Crippen LogP contribution in [0, 0.1) is 0 Å². The molecule has 0 spiro atoms. The summed E-state index contributed by atoms with van der Waals surface area (Å²) in [4.78, 5) is 54.9. The molecule has 13 heteroatoms. The van der Waals surface area contributed by atoms with E-state index >= 15 is 0 Å². The second-order valence-corrected chi connectivity index (χ2v) is 9.84. The molecule has 5 rings (SSSR count). The molecule has 3 aliphatic heterocycles. The van der Waals surface area contributed by atoms with Crippen LogP contribution in [0.25, 0.3) is 0 Å². The van der Waals surface area contributed by atoms with Gasteiger partial charge in [0.25, 0.3) is 0 Å². The van der Waals surface area contributed by atoms with E-state index in [1.807, 2.05) is 12.1 Å². The van der Waals surface area contributed by atoms with Crippen LogP contribution >= 0.6 is 0 Å². The van der Waals surface area contributed by atoms with E-state index in [2.05, 4.69) is 44.3 Å². The molecule has 0 aliphatic carbocycles. The van der Waals surface area contributed by atoms with Crippen molar-refractivity contribution in [2.24, 2.45) is 0 Å². The van der Waals surface area contributed by atoms with Gasteiger partial charge in [-0.15, -0.1) is 0 Å². The number of aromatic nitrogens is 2. The first-order chi connectivity index (χ1) is 18.2. The van der Waals surface area contributed by atoms with Crippen molar-refractivity contribution in [2.45, 2.75) is 25.0 Å². The van der Waals surface area contributed by atoms with E-state index < -0.39 is 24.1 Å². The molecule has 13 nitrogen and oxygen atoms in total. The number of benzene rings is 1. The number of hydrogen-bond donors (Lipinski definition) is 2. The van der Waals surface area contributed by atoms with Crippen LogP contribution in [0.15, 0.2) is 30.5 Å². The molecule has 2 fully saturated rings. The predicted octanol–water partition coefficient (Wildman–Crippen LogP) is 1.64. The van der Waals surface area contributed by atoms with Gasteiger partial charge in [-0.3, -0.25) is 9.80 Å². The van der Waals surface area contributed by atoms with E-state index in [1.54, 1.807) is 18.1 Å². The zero-order valence-corrected chi connectivity index (χ0v) is 21.7. The Hall–Kier alpha value is -4.13. The standard InChI is InChI=1S/C25H32N8O5/c1-29-8-10-31(11-9-29)18-6-4-17(5-7-18)27-23-26-13-16-14-32(24(36)30(2)21(16)28-23)19-12-20(22(34)35)33(15-19)25(37)38-3/h4-7,13,19-20H,8-12,14-15H2,1-3H3,(H,34,35)(H,26,27,28)/t19-,20+/m0/s1. The van der Waals surface area contributed by atoms with Crippen LogP contribution in [0.4, 0.5) is 32.7 Å². The minimum Gasteiger partial charge on any atom is -0.480 e. The molecule has 38 heavy (non-hydrogen) atoms. The number of urea groups is 1. The summed E-state index contributed by atoms with van der Waals surface area (Å²) in [6.07, 6.45) is 1.05. The third kappa shape index (κ3) is 4.88. The summed E-state index contributed by atoms with van der Waals surface area (Å²) in [5.74, 6) is -0.282. The summed E-state index contributed by atoms with van der Waals surface area (Å²) in [5, 5.41) is 12.8. The number of anilines is 4. The predicted molar refractivity (Wildman–Crippen MR) is 140 cm³/mol. The maximum atomic E-state index is 13.3. The van der Waals surface area contributed by atoms with Crippen molar-refractivity contribution in [3.63, 3.8) is 0 Å². The minimum atomic E-state index is -1.13. The summed E-state index contributed by atoms with van der Waals surface area (Å²) in [6, 6.07) is 6.26. The molecule has 2 atom stereocenters. The number of hydrogen-bond acceptors (Lipinski definition) is 9. The molecule has 2 aromatic rings. The van der Waals surface area contributed by atoms with E-state index in [1.165, 1.54) is 17.7 Å². The van der Waals surface area contributed by atoms with Gasteiger partial charge in [-0.2, -0.15) is 4.98 Å². The highest BCUT2D eigenvalue weighted by Gasteiger charge is 2.45. The summed E-state index contributed by atoms with van der Waals surface area (Å²) >= 11 is 0. The number of nitrogens with one attached hydrogen (secondary N) is 1. The van der Waals surface area contributed by atoms with Crippen molar-refractivity contribution < 1.29 is 24.2 Å². The van der Waals surface area contributed by atoms with Crippen LogP contribution in [0.2, 0.25) is 0 Å². The van der Waals surface area contributed by atoms with Crippen LogP contribution in [-0.2, 0) is 16.1 Å². The second kappa shape index (κ2) is 10.3. The Morgan fingerprint density at radius 1 is 1.11 bits per heavy atom. The third-order valence-electron chi connectivity index (χ3n) is 7.44. The quantitative estimate of drug-likeness (QED) is 0.594. The Bertz CT molecular complexity index is 1220. The number of aliphatic carboxylic acids is 1. The van der Waals surface area contributed by atoms with Gasteiger partial charge in [0, 0.05) is 69.3 Å². The molecular weight excluding hydrogens is 492 g/mol. The van der Waals surface area contributed by atoms with Gasteiger partial charge < -0.3 is 29.9 Å². The van der Waals surface area contributed by atoms with E-state index in [0.717, 1.165) is 42.3 Å². The van der Waals surface area contributed by atoms with E-state index in [4.69, 9.17) is 4.74 Å². The highest BCUT2D eigenvalue weighted by atomic mass is 16.5. The summed E-state index contributed by atoms with van der Waals surface area (Å²) in [7, 11) is 4.96. The number of likely N-dealkylation sites (N-methyl/N-ethyl adjacent to an activating group) is 1. The monoisotopic (exact) mass is 524 g/mol. The van der Waals surface area contributed by atoms with Gasteiger partial charge in [-0.05, 0) is 31.3 Å². The second-order valence-electron chi connectivity index (χ2n) is 9.84. The summed E-state index contributed by atoms with van der Waals surface area (Å²) in [5.41, 5.74) is 2.73. The highest BCUT2D eigenvalue weighted by Crippen LogP contribution is 2.32. The molecule has 4 heterocycles. The number of fused-ring (bicyclic) bond motifs is 1. The number of amides is 3. The van der Waals surface area contributed by atoms with E-state index in [-0.39, 0.29) is 25.5 Å². The highest BCUT2D eigenvalue weighted by molar-refractivity contribution is 5.94. The maximum Gasteiger partial charge on any atom is 0.410 e. The zero-order chi connectivity index (χ0) is 27.0. The lowest BCUT2D eigenvalue weighted by Gasteiger charge is -2.37. The number of likely N-dealkylation sites (tertiary alicyclic amines) is 1. The zero-order valence-electron chi connectivity index (χ0n) is 21.7. The summed E-state index contributed by atoms with van der Waals surface area (Å²) in [6.45, 7) is 4.35. The topological polar surface area (TPSA) is 135 Å². The van der Waals surface area contributed by atoms with Crippen LogP contribution in [-0.4, -0.2) is 114 Å². The molecule has 0 unspecified atom stereocenters. The lowest BCUT2D eigenvalue weighted by molar-refractivity contribution is -0.141. The largest absolute Gasteiger partial charge is 0.480 e. The Labute approximate surface area is 220 Å². The number of methoxy groups -OCH3 is 1. The molecule has 1 aromatic carbocycles. The molecule has 0 saturated carbocycles. The molecule has 0 radical (unpaired) electrons. The lowest BCUT2D eigenvalue weighted by Crippen LogP contribution is -2.51. The van der Waals surface area contributed by atoms with Gasteiger partial charge in [-0.25, -0.2) is 19.4 Å². The molecular formula is C25H32N8O5. The SMILES string of the molecule is COC(=O)N1C[C@@H](N2Cc3cnc(Nc4ccc(N5CCN(C)CC5)cc4)nc3N(C)C2=O)C[C@@H]1C(=O)O. The molecule has 202 valence electrons. The first-order valence-electron chi connectivity index (χ1n) is 12.5. The number of carboxylic acid groups (broad SMARTS) is 1. The van der Waals surface area contributed by atoms with Crippen LogP contribution < -0.4 is 15.1 Å². The van der Waals surface area contributed by atoms with Crippen LogP contribution in [0.5, 0.6) is 0 Å². The first kappa shape index (κ1) is 25.5. The number of ether oxygens (including phenoxy) is 1. The molecule has 2 saturated heterocycles. The van der Waals surface area contributed by atoms with Crippen LogP contribution in [0.3, 0.4) is 0 Å². The van der Waals surface area contributed by atoms with Gasteiger partial charge in [-0.1, -0.05) is 0 Å². The van der Waals surface area contributed by atoms with Gasteiger partial charge >= 0.3 is 18.1 Å².